The first-order chi connectivity index (χ1) is 7.27. The first-order valence-corrected chi connectivity index (χ1v) is 5.46. The van der Waals surface area contributed by atoms with Gasteiger partial charge in [0.1, 0.15) is 0 Å². The second kappa shape index (κ2) is 4.45. The van der Waals surface area contributed by atoms with Gasteiger partial charge in [-0.3, -0.25) is 4.99 Å². The Labute approximate surface area is 97.4 Å². The monoisotopic (exact) mass is 262 g/mol. The van der Waals surface area contributed by atoms with Crippen LogP contribution in [0.25, 0.3) is 0 Å². The van der Waals surface area contributed by atoms with Crippen molar-refractivity contribution < 1.29 is 0 Å². The van der Waals surface area contributed by atoms with Crippen molar-refractivity contribution in [1.29, 1.82) is 0 Å². The molecule has 0 radical (unpaired) electrons. The van der Waals surface area contributed by atoms with Gasteiger partial charge in [-0.05, 0) is 40.2 Å². The molecule has 0 fully saturated rings. The summed E-state index contributed by atoms with van der Waals surface area (Å²) in [6.07, 6.45) is 3.86. The lowest BCUT2D eigenvalue weighted by Crippen LogP contribution is -1.91. The third-order valence-corrected chi connectivity index (χ3v) is 2.84. The predicted octanol–water partition coefficient (Wildman–Crippen LogP) is 3.54. The molecular weight excluding hydrogens is 252 g/mol. The molecule has 3 heteroatoms. The number of halogens is 1. The van der Waals surface area contributed by atoms with E-state index in [4.69, 9.17) is 0 Å². The van der Waals surface area contributed by atoms with Crippen molar-refractivity contribution in [2.75, 3.05) is 0 Å². The van der Waals surface area contributed by atoms with Gasteiger partial charge >= 0.3 is 0 Å². The molecule has 1 aromatic carbocycles. The van der Waals surface area contributed by atoms with Crippen molar-refractivity contribution in [3.63, 3.8) is 0 Å². The molecule has 0 spiro atoms. The molecule has 1 aromatic heterocycles. The van der Waals surface area contributed by atoms with E-state index in [-0.39, 0.29) is 0 Å². The van der Waals surface area contributed by atoms with Crippen LogP contribution in [0, 0.1) is 0 Å². The molecule has 0 saturated heterocycles. The minimum Gasteiger partial charge on any atom is -0.350 e. The molecule has 0 amide bonds. The van der Waals surface area contributed by atoms with Crippen LogP contribution in [0.15, 0.2) is 52.1 Å². The Bertz CT molecular complexity index is 486. The fraction of sp³-hybridized carbons (Fsp3) is 0.0833. The Morgan fingerprint density at radius 2 is 2.00 bits per heavy atom. The van der Waals surface area contributed by atoms with Crippen LogP contribution in [0.4, 0.5) is 5.69 Å². The lowest BCUT2D eigenvalue weighted by Gasteiger charge is -1.97. The molecule has 2 aromatic rings. The Hall–Kier alpha value is -1.35. The minimum atomic E-state index is 0.943. The van der Waals surface area contributed by atoms with E-state index in [1.54, 1.807) is 0 Å². The van der Waals surface area contributed by atoms with Crippen LogP contribution >= 0.6 is 15.9 Å². The van der Waals surface area contributed by atoms with E-state index in [9.17, 15) is 0 Å². The van der Waals surface area contributed by atoms with Crippen molar-refractivity contribution in [2.45, 2.75) is 0 Å². The second-order valence-electron chi connectivity index (χ2n) is 3.25. The first kappa shape index (κ1) is 10.2. The molecule has 1 heterocycles. The molecule has 2 nitrogen and oxygen atoms in total. The van der Waals surface area contributed by atoms with Crippen molar-refractivity contribution in [1.82, 2.24) is 4.57 Å². The number of aryl methyl sites for hydroxylation is 1. The van der Waals surface area contributed by atoms with E-state index < -0.39 is 0 Å². The Balaban J connectivity index is 2.26. The molecular formula is C12H11BrN2. The van der Waals surface area contributed by atoms with E-state index in [0.717, 1.165) is 15.9 Å². The van der Waals surface area contributed by atoms with Crippen LogP contribution in [0.1, 0.15) is 5.69 Å². The van der Waals surface area contributed by atoms with Gasteiger partial charge in [-0.15, -0.1) is 0 Å². The summed E-state index contributed by atoms with van der Waals surface area (Å²) in [5, 5.41) is 0. The number of benzene rings is 1. The highest BCUT2D eigenvalue weighted by molar-refractivity contribution is 9.10. The number of aromatic nitrogens is 1. The summed E-state index contributed by atoms with van der Waals surface area (Å²) in [5.74, 6) is 0. The van der Waals surface area contributed by atoms with Gasteiger partial charge in [-0.1, -0.05) is 12.1 Å². The topological polar surface area (TPSA) is 17.3 Å². The van der Waals surface area contributed by atoms with Crippen LogP contribution in [0.3, 0.4) is 0 Å². The number of hydrogen-bond donors (Lipinski definition) is 0. The molecule has 2 rings (SSSR count). The number of nitrogens with zero attached hydrogens (tertiary/aromatic N) is 2. The Morgan fingerprint density at radius 3 is 2.67 bits per heavy atom. The first-order valence-electron chi connectivity index (χ1n) is 4.67. The fourth-order valence-corrected chi connectivity index (χ4v) is 1.69. The Morgan fingerprint density at radius 1 is 1.20 bits per heavy atom. The average Bonchev–Trinajstić information content (AvgIpc) is 2.63. The average molecular weight is 263 g/mol. The summed E-state index contributed by atoms with van der Waals surface area (Å²) < 4.78 is 3.04. The van der Waals surface area contributed by atoms with Gasteiger partial charge in [0.2, 0.25) is 0 Å². The number of para-hydroxylation sites is 1. The highest BCUT2D eigenvalue weighted by Crippen LogP contribution is 2.23. The maximum absolute atomic E-state index is 4.42. The summed E-state index contributed by atoms with van der Waals surface area (Å²) in [5.41, 5.74) is 2.03. The van der Waals surface area contributed by atoms with E-state index in [1.165, 1.54) is 0 Å². The lowest BCUT2D eigenvalue weighted by molar-refractivity contribution is 0.918. The smallest absolute Gasteiger partial charge is 0.0772 e. The molecule has 76 valence electrons. The van der Waals surface area contributed by atoms with Gasteiger partial charge in [0.25, 0.3) is 0 Å². The van der Waals surface area contributed by atoms with Crippen molar-refractivity contribution in [3.8, 4) is 0 Å². The predicted molar refractivity (Wildman–Crippen MR) is 66.8 cm³/mol. The third-order valence-electron chi connectivity index (χ3n) is 2.17. The van der Waals surface area contributed by atoms with Gasteiger partial charge in [-0.25, -0.2) is 0 Å². The fourth-order valence-electron chi connectivity index (χ4n) is 1.30. The van der Waals surface area contributed by atoms with E-state index >= 15 is 0 Å². The summed E-state index contributed by atoms with van der Waals surface area (Å²) in [7, 11) is 2.00. The van der Waals surface area contributed by atoms with E-state index in [1.807, 2.05) is 60.4 Å². The number of rotatable bonds is 2. The third kappa shape index (κ3) is 2.36. The quantitative estimate of drug-likeness (QED) is 0.737. The molecule has 0 N–H and O–H groups in total. The molecule has 0 atom stereocenters. The standard InChI is InChI=1S/C12H11BrN2/c1-15-8-4-5-10(15)9-14-12-7-3-2-6-11(12)13/h2-9H,1H3. The van der Waals surface area contributed by atoms with Crippen LogP contribution in [-0.4, -0.2) is 10.8 Å². The summed E-state index contributed by atoms with van der Waals surface area (Å²) in [6.45, 7) is 0. The normalized spacial score (nSPS) is 11.1. The maximum atomic E-state index is 4.42. The summed E-state index contributed by atoms with van der Waals surface area (Å²) >= 11 is 3.46. The van der Waals surface area contributed by atoms with Crippen molar-refractivity contribution >= 4 is 27.8 Å². The van der Waals surface area contributed by atoms with Crippen molar-refractivity contribution in [3.05, 3.63) is 52.8 Å². The highest BCUT2D eigenvalue weighted by Gasteiger charge is 1.95. The minimum absolute atomic E-state index is 0.943. The molecule has 0 saturated carbocycles. The SMILES string of the molecule is Cn1cccc1C=Nc1ccccc1Br. The lowest BCUT2D eigenvalue weighted by atomic mass is 10.3. The number of hydrogen-bond acceptors (Lipinski definition) is 1. The zero-order valence-electron chi connectivity index (χ0n) is 8.39. The van der Waals surface area contributed by atoms with Gasteiger partial charge in [-0.2, -0.15) is 0 Å². The zero-order valence-corrected chi connectivity index (χ0v) is 9.98. The summed E-state index contributed by atoms with van der Waals surface area (Å²) in [4.78, 5) is 4.42. The van der Waals surface area contributed by atoms with Gasteiger partial charge in [0.15, 0.2) is 0 Å². The summed E-state index contributed by atoms with van der Waals surface area (Å²) in [6, 6.07) is 11.9. The number of aliphatic imine (C=N–C) groups is 1. The van der Waals surface area contributed by atoms with E-state index in [2.05, 4.69) is 20.9 Å². The molecule has 15 heavy (non-hydrogen) atoms. The molecule has 0 aliphatic carbocycles. The maximum Gasteiger partial charge on any atom is 0.0772 e. The van der Waals surface area contributed by atoms with Crippen LogP contribution in [-0.2, 0) is 7.05 Å². The molecule has 0 bridgehead atoms. The van der Waals surface area contributed by atoms with Crippen LogP contribution < -0.4 is 0 Å². The van der Waals surface area contributed by atoms with Gasteiger partial charge in [0, 0.05) is 17.7 Å². The van der Waals surface area contributed by atoms with Crippen LogP contribution in [0.5, 0.6) is 0 Å². The zero-order chi connectivity index (χ0) is 10.7. The van der Waals surface area contributed by atoms with Gasteiger partial charge < -0.3 is 4.57 Å². The highest BCUT2D eigenvalue weighted by atomic mass is 79.9. The molecule has 0 unspecified atom stereocenters. The molecule has 0 aliphatic heterocycles. The molecule has 0 aliphatic rings. The van der Waals surface area contributed by atoms with Crippen molar-refractivity contribution in [2.24, 2.45) is 12.0 Å². The second-order valence-corrected chi connectivity index (χ2v) is 4.11. The Kier molecular flexibility index (Phi) is 3.02. The largest absolute Gasteiger partial charge is 0.350 e. The van der Waals surface area contributed by atoms with Gasteiger partial charge in [0.05, 0.1) is 17.6 Å². The van der Waals surface area contributed by atoms with Crippen LogP contribution in [0.2, 0.25) is 0 Å². The van der Waals surface area contributed by atoms with E-state index in [0.29, 0.717) is 0 Å².